The molecule has 0 aliphatic carbocycles. The molecule has 0 amide bonds. The van der Waals surface area contributed by atoms with Crippen molar-refractivity contribution in [2.75, 3.05) is 18.5 Å². The highest BCUT2D eigenvalue weighted by molar-refractivity contribution is 5.65. The maximum atomic E-state index is 11.0. The van der Waals surface area contributed by atoms with Gasteiger partial charge in [0.15, 0.2) is 0 Å². The first-order valence-electron chi connectivity index (χ1n) is 7.10. The van der Waals surface area contributed by atoms with E-state index in [-0.39, 0.29) is 5.69 Å². The number of para-hydroxylation sites is 1. The molecule has 1 heterocycles. The van der Waals surface area contributed by atoms with Gasteiger partial charge in [-0.3, -0.25) is 20.9 Å². The van der Waals surface area contributed by atoms with Gasteiger partial charge in [-0.05, 0) is 38.3 Å². The standard InChI is InChI=1S/C14H22N4O3/c1-14(19)6-3-8-17(9-7-14)10-11-4-2-5-12(18(20)21)13(11)16-15/h2,4-5,16,19H,3,6-10,15H2,1H3. The van der Waals surface area contributed by atoms with Crippen LogP contribution in [-0.4, -0.2) is 33.6 Å². The van der Waals surface area contributed by atoms with E-state index in [1.54, 1.807) is 6.07 Å². The summed E-state index contributed by atoms with van der Waals surface area (Å²) in [6, 6.07) is 4.94. The number of hydrazine groups is 1. The number of nitrogen functional groups attached to an aromatic ring is 1. The maximum Gasteiger partial charge on any atom is 0.293 e. The van der Waals surface area contributed by atoms with Crippen LogP contribution in [0, 0.1) is 10.1 Å². The van der Waals surface area contributed by atoms with E-state index >= 15 is 0 Å². The molecule has 116 valence electrons. The third kappa shape index (κ3) is 3.90. The summed E-state index contributed by atoms with van der Waals surface area (Å²) in [5.41, 5.74) is 2.97. The topological polar surface area (TPSA) is 105 Å². The van der Waals surface area contributed by atoms with E-state index < -0.39 is 10.5 Å². The van der Waals surface area contributed by atoms with Gasteiger partial charge in [0.25, 0.3) is 5.69 Å². The van der Waals surface area contributed by atoms with Crippen molar-refractivity contribution in [1.29, 1.82) is 0 Å². The quantitative estimate of drug-likeness (QED) is 0.443. The highest BCUT2D eigenvalue weighted by Gasteiger charge is 2.26. The molecule has 1 saturated heterocycles. The van der Waals surface area contributed by atoms with Gasteiger partial charge in [0.2, 0.25) is 0 Å². The van der Waals surface area contributed by atoms with Gasteiger partial charge in [-0.15, -0.1) is 0 Å². The van der Waals surface area contributed by atoms with E-state index in [4.69, 9.17) is 5.84 Å². The number of hydrogen-bond donors (Lipinski definition) is 3. The fourth-order valence-electron chi connectivity index (χ4n) is 2.76. The lowest BCUT2D eigenvalue weighted by molar-refractivity contribution is -0.384. The van der Waals surface area contributed by atoms with Crippen molar-refractivity contribution < 1.29 is 10.0 Å². The normalized spacial score (nSPS) is 23.6. The summed E-state index contributed by atoms with van der Waals surface area (Å²) in [6.07, 6.45) is 2.39. The predicted octanol–water partition coefficient (Wildman–Crippen LogP) is 1.62. The van der Waals surface area contributed by atoms with Crippen LogP contribution >= 0.6 is 0 Å². The monoisotopic (exact) mass is 294 g/mol. The third-order valence-corrected chi connectivity index (χ3v) is 4.02. The Kier molecular flexibility index (Phi) is 4.76. The molecule has 21 heavy (non-hydrogen) atoms. The van der Waals surface area contributed by atoms with Gasteiger partial charge < -0.3 is 10.5 Å². The molecule has 0 bridgehead atoms. The molecule has 7 nitrogen and oxygen atoms in total. The van der Waals surface area contributed by atoms with E-state index in [0.717, 1.165) is 31.5 Å². The van der Waals surface area contributed by atoms with Crippen molar-refractivity contribution in [3.05, 3.63) is 33.9 Å². The first-order chi connectivity index (χ1) is 9.93. The van der Waals surface area contributed by atoms with Crippen molar-refractivity contribution in [1.82, 2.24) is 4.90 Å². The number of nitrogens with two attached hydrogens (primary N) is 1. The molecule has 0 spiro atoms. The second-order valence-electron chi connectivity index (χ2n) is 5.84. The van der Waals surface area contributed by atoms with Crippen molar-refractivity contribution in [2.24, 2.45) is 5.84 Å². The molecule has 0 radical (unpaired) electrons. The number of nitro groups is 1. The third-order valence-electron chi connectivity index (χ3n) is 4.02. The van der Waals surface area contributed by atoms with Crippen molar-refractivity contribution >= 4 is 11.4 Å². The molecule has 1 aromatic rings. The molecule has 0 aromatic heterocycles. The number of nitro benzene ring substituents is 1. The predicted molar refractivity (Wildman–Crippen MR) is 80.7 cm³/mol. The highest BCUT2D eigenvalue weighted by atomic mass is 16.6. The Morgan fingerprint density at radius 2 is 2.24 bits per heavy atom. The van der Waals surface area contributed by atoms with E-state index in [2.05, 4.69) is 10.3 Å². The van der Waals surface area contributed by atoms with Crippen LogP contribution in [0.5, 0.6) is 0 Å². The Labute approximate surface area is 123 Å². The fourth-order valence-corrected chi connectivity index (χ4v) is 2.76. The van der Waals surface area contributed by atoms with Gasteiger partial charge in [-0.25, -0.2) is 0 Å². The molecule has 2 rings (SSSR count). The molecule has 7 heteroatoms. The van der Waals surface area contributed by atoms with Crippen molar-refractivity contribution in [3.63, 3.8) is 0 Å². The lowest BCUT2D eigenvalue weighted by Gasteiger charge is -2.23. The van der Waals surface area contributed by atoms with Crippen LogP contribution < -0.4 is 11.3 Å². The summed E-state index contributed by atoms with van der Waals surface area (Å²) >= 11 is 0. The van der Waals surface area contributed by atoms with Crippen LogP contribution in [0.3, 0.4) is 0 Å². The Balaban J connectivity index is 2.16. The van der Waals surface area contributed by atoms with Crippen LogP contribution in [-0.2, 0) is 6.54 Å². The minimum Gasteiger partial charge on any atom is -0.390 e. The summed E-state index contributed by atoms with van der Waals surface area (Å²) < 4.78 is 0. The summed E-state index contributed by atoms with van der Waals surface area (Å²) in [5, 5.41) is 21.1. The Morgan fingerprint density at radius 3 is 2.90 bits per heavy atom. The van der Waals surface area contributed by atoms with Crippen LogP contribution in [0.1, 0.15) is 31.7 Å². The molecule has 0 saturated carbocycles. The van der Waals surface area contributed by atoms with E-state index in [0.29, 0.717) is 18.7 Å². The molecular weight excluding hydrogens is 272 g/mol. The van der Waals surface area contributed by atoms with Crippen molar-refractivity contribution in [3.8, 4) is 0 Å². The SMILES string of the molecule is CC1(O)CCCN(Cc2cccc([N+](=O)[O-])c2NN)CC1. The highest BCUT2D eigenvalue weighted by Crippen LogP contribution is 2.29. The maximum absolute atomic E-state index is 11.0. The lowest BCUT2D eigenvalue weighted by atomic mass is 9.98. The van der Waals surface area contributed by atoms with Gasteiger partial charge in [0.1, 0.15) is 5.69 Å². The molecule has 1 unspecified atom stereocenters. The Bertz CT molecular complexity index is 519. The van der Waals surface area contributed by atoms with Gasteiger partial charge in [-0.2, -0.15) is 0 Å². The number of anilines is 1. The average Bonchev–Trinajstić information content (AvgIpc) is 2.60. The van der Waals surface area contributed by atoms with Gasteiger partial charge in [-0.1, -0.05) is 12.1 Å². The molecule has 4 N–H and O–H groups in total. The van der Waals surface area contributed by atoms with E-state index in [1.807, 2.05) is 13.0 Å². The second-order valence-corrected chi connectivity index (χ2v) is 5.84. The largest absolute Gasteiger partial charge is 0.390 e. The zero-order valence-electron chi connectivity index (χ0n) is 12.2. The smallest absolute Gasteiger partial charge is 0.293 e. The molecule has 1 fully saturated rings. The number of nitrogens with zero attached hydrogens (tertiary/aromatic N) is 2. The average molecular weight is 294 g/mol. The lowest BCUT2D eigenvalue weighted by Crippen LogP contribution is -2.28. The molecule has 1 aliphatic rings. The fraction of sp³-hybridized carbons (Fsp3) is 0.571. The van der Waals surface area contributed by atoms with Gasteiger partial charge in [0, 0.05) is 19.2 Å². The van der Waals surface area contributed by atoms with Crippen LogP contribution in [0.25, 0.3) is 0 Å². The minimum atomic E-state index is -0.619. The summed E-state index contributed by atoms with van der Waals surface area (Å²) in [7, 11) is 0. The first-order valence-corrected chi connectivity index (χ1v) is 7.10. The van der Waals surface area contributed by atoms with Crippen molar-refractivity contribution in [2.45, 2.75) is 38.3 Å². The van der Waals surface area contributed by atoms with Crippen LogP contribution in [0.4, 0.5) is 11.4 Å². The Hall–Kier alpha value is -1.70. The number of aliphatic hydroxyl groups is 1. The number of nitrogens with one attached hydrogen (secondary N) is 1. The van der Waals surface area contributed by atoms with Crippen LogP contribution in [0.15, 0.2) is 18.2 Å². The minimum absolute atomic E-state index is 0.0168. The number of benzene rings is 1. The summed E-state index contributed by atoms with van der Waals surface area (Å²) in [5.74, 6) is 5.46. The number of hydrogen-bond acceptors (Lipinski definition) is 6. The zero-order valence-corrected chi connectivity index (χ0v) is 12.2. The van der Waals surface area contributed by atoms with E-state index in [1.165, 1.54) is 6.07 Å². The number of likely N-dealkylation sites (tertiary alicyclic amines) is 1. The first kappa shape index (κ1) is 15.7. The second kappa shape index (κ2) is 6.38. The van der Waals surface area contributed by atoms with Gasteiger partial charge in [0.05, 0.1) is 10.5 Å². The Morgan fingerprint density at radius 1 is 1.48 bits per heavy atom. The molecule has 1 aromatic carbocycles. The summed E-state index contributed by atoms with van der Waals surface area (Å²) in [6.45, 7) is 4.07. The summed E-state index contributed by atoms with van der Waals surface area (Å²) in [4.78, 5) is 12.8. The van der Waals surface area contributed by atoms with E-state index in [9.17, 15) is 15.2 Å². The zero-order chi connectivity index (χ0) is 15.5. The number of rotatable bonds is 4. The molecular formula is C14H22N4O3. The van der Waals surface area contributed by atoms with Crippen LogP contribution in [0.2, 0.25) is 0 Å². The molecule has 1 atom stereocenters. The molecule has 1 aliphatic heterocycles. The van der Waals surface area contributed by atoms with Gasteiger partial charge >= 0.3 is 0 Å².